The second-order valence-corrected chi connectivity index (χ2v) is 12.0. The number of benzene rings is 1. The van der Waals surface area contributed by atoms with Gasteiger partial charge in [-0.2, -0.15) is 0 Å². The Hall–Kier alpha value is -3.77. The van der Waals surface area contributed by atoms with Crippen LogP contribution in [0, 0.1) is 5.92 Å². The van der Waals surface area contributed by atoms with E-state index in [1.54, 1.807) is 16.7 Å². The van der Waals surface area contributed by atoms with Gasteiger partial charge in [-0.3, -0.25) is 19.1 Å². The molecule has 0 radical (unpaired) electrons. The third-order valence-corrected chi connectivity index (χ3v) is 8.95. The van der Waals surface area contributed by atoms with Gasteiger partial charge in [0.25, 0.3) is 0 Å². The van der Waals surface area contributed by atoms with Crippen LogP contribution < -0.4 is 21.1 Å². The van der Waals surface area contributed by atoms with Gasteiger partial charge in [-0.1, -0.05) is 17.3 Å². The van der Waals surface area contributed by atoms with E-state index in [0.717, 1.165) is 60.6 Å². The molecule has 12 heteroatoms. The summed E-state index contributed by atoms with van der Waals surface area (Å²) >= 11 is 0. The molecular formula is C31H44N8O4. The number of piperazine rings is 1. The number of rotatable bonds is 10. The lowest BCUT2D eigenvalue weighted by molar-refractivity contribution is -0.140. The zero-order chi connectivity index (χ0) is 30.5. The number of carbonyl (C=O) groups is 3. The van der Waals surface area contributed by atoms with Crippen molar-refractivity contribution in [3.63, 3.8) is 0 Å². The molecule has 5 rings (SSSR count). The molecule has 4 unspecified atom stereocenters. The first kappa shape index (κ1) is 30.7. The molecule has 1 aromatic heterocycles. The van der Waals surface area contributed by atoms with Crippen LogP contribution in [0.1, 0.15) is 49.6 Å². The summed E-state index contributed by atoms with van der Waals surface area (Å²) in [5, 5.41) is 14.7. The number of aryl methyl sites for hydroxylation is 1. The molecule has 2 aromatic rings. The lowest BCUT2D eigenvalue weighted by Gasteiger charge is -2.34. The number of ether oxygens (including phenoxy) is 1. The van der Waals surface area contributed by atoms with Crippen molar-refractivity contribution in [2.45, 2.75) is 63.6 Å². The predicted molar refractivity (Wildman–Crippen MR) is 162 cm³/mol. The average molecular weight is 593 g/mol. The number of methoxy groups -OCH3 is 1. The van der Waals surface area contributed by atoms with Crippen molar-refractivity contribution in [1.82, 2.24) is 35.4 Å². The molecule has 3 heterocycles. The number of carbonyl (C=O) groups excluding carboxylic acids is 3. The second kappa shape index (κ2) is 13.7. The van der Waals surface area contributed by atoms with E-state index in [4.69, 9.17) is 10.5 Å². The molecule has 0 spiro atoms. The lowest BCUT2D eigenvalue weighted by Crippen LogP contribution is -2.53. The molecule has 232 valence electrons. The number of fused-ring (bicyclic) bond motifs is 1. The molecule has 0 bridgehead atoms. The number of nitrogens with two attached hydrogens (primary N) is 1. The van der Waals surface area contributed by atoms with Gasteiger partial charge in [0.2, 0.25) is 17.7 Å². The number of hydrogen-bond acceptors (Lipinski definition) is 8. The predicted octanol–water partition coefficient (Wildman–Crippen LogP) is 0.657. The average Bonchev–Trinajstić information content (AvgIpc) is 3.61. The zero-order valence-corrected chi connectivity index (χ0v) is 25.4. The van der Waals surface area contributed by atoms with E-state index in [-0.39, 0.29) is 42.5 Å². The van der Waals surface area contributed by atoms with Crippen molar-refractivity contribution in [2.75, 3.05) is 39.8 Å². The standard InChI is InChI=1S/C31H44N8O4/c1-20-17-33-12-13-38(20)29(40)11-9-25(32)31(42)39-19-23(14-21-4-7-24(43-3)8-5-21)16-28(39)30(41)34-18-22-6-10-27-26(15-22)35-36-37(27)2/h4-5,7-8,15,20,23,25,28,33H,6,9-14,16-19,32H2,1-3H3,(H,34,41). The van der Waals surface area contributed by atoms with Crippen molar-refractivity contribution >= 4 is 23.8 Å². The van der Waals surface area contributed by atoms with Gasteiger partial charge in [-0.25, -0.2) is 0 Å². The van der Waals surface area contributed by atoms with E-state index in [2.05, 4.69) is 20.9 Å². The number of nitrogens with zero attached hydrogens (tertiary/aromatic N) is 5. The van der Waals surface area contributed by atoms with Crippen LogP contribution in [0.4, 0.5) is 0 Å². The Morgan fingerprint density at radius 2 is 1.98 bits per heavy atom. The maximum atomic E-state index is 13.7. The zero-order valence-electron chi connectivity index (χ0n) is 25.4. The molecule has 0 saturated carbocycles. The minimum atomic E-state index is -0.853. The lowest BCUT2D eigenvalue weighted by atomic mass is 9.96. The molecule has 43 heavy (non-hydrogen) atoms. The fraction of sp³-hybridized carbons (Fsp3) is 0.581. The van der Waals surface area contributed by atoms with E-state index in [9.17, 15) is 14.4 Å². The summed E-state index contributed by atoms with van der Waals surface area (Å²) in [5.74, 6) is 0.427. The number of hydrogen-bond donors (Lipinski definition) is 3. The Bertz CT molecular complexity index is 1340. The maximum absolute atomic E-state index is 13.7. The van der Waals surface area contributed by atoms with Crippen LogP contribution in [-0.4, -0.2) is 100 Å². The monoisotopic (exact) mass is 592 g/mol. The third kappa shape index (κ3) is 7.24. The topological polar surface area (TPSA) is 148 Å². The van der Waals surface area contributed by atoms with E-state index in [1.165, 1.54) is 0 Å². The molecule has 2 saturated heterocycles. The molecule has 12 nitrogen and oxygen atoms in total. The van der Waals surface area contributed by atoms with Gasteiger partial charge in [-0.05, 0) is 74.3 Å². The van der Waals surface area contributed by atoms with Crippen molar-refractivity contribution < 1.29 is 19.1 Å². The fourth-order valence-corrected chi connectivity index (χ4v) is 6.43. The van der Waals surface area contributed by atoms with E-state index >= 15 is 0 Å². The number of likely N-dealkylation sites (tertiary alicyclic amines) is 1. The summed E-state index contributed by atoms with van der Waals surface area (Å²) < 4.78 is 7.07. The van der Waals surface area contributed by atoms with Gasteiger partial charge in [0.15, 0.2) is 0 Å². The van der Waals surface area contributed by atoms with Crippen LogP contribution in [0.3, 0.4) is 0 Å². The summed E-state index contributed by atoms with van der Waals surface area (Å²) in [6, 6.07) is 6.51. The van der Waals surface area contributed by atoms with Gasteiger partial charge in [0.1, 0.15) is 17.5 Å². The summed E-state index contributed by atoms with van der Waals surface area (Å²) in [7, 11) is 3.52. The van der Waals surface area contributed by atoms with Crippen molar-refractivity contribution in [3.8, 4) is 5.75 Å². The molecule has 3 aliphatic rings. The SMILES string of the molecule is COc1ccc(CC2CC(C(=O)NCC3=Cc4nnn(C)c4CC3)N(C(=O)C(N)CCC(=O)N3CCNCC3C)C2)cc1. The van der Waals surface area contributed by atoms with E-state index < -0.39 is 12.1 Å². The van der Waals surface area contributed by atoms with E-state index in [1.807, 2.05) is 49.2 Å². The van der Waals surface area contributed by atoms with Crippen LogP contribution in [0.25, 0.3) is 6.08 Å². The molecule has 4 atom stereocenters. The molecule has 1 aromatic carbocycles. The number of nitrogens with one attached hydrogen (secondary N) is 2. The second-order valence-electron chi connectivity index (χ2n) is 12.0. The maximum Gasteiger partial charge on any atom is 0.243 e. The normalized spacial score (nSPS) is 22.5. The van der Waals surface area contributed by atoms with Gasteiger partial charge in [0.05, 0.1) is 18.8 Å². The van der Waals surface area contributed by atoms with Crippen LogP contribution in [0.15, 0.2) is 29.8 Å². The Labute approximate surface area is 253 Å². The highest BCUT2D eigenvalue weighted by molar-refractivity contribution is 5.91. The quantitative estimate of drug-likeness (QED) is 0.365. The molecule has 2 aliphatic heterocycles. The van der Waals surface area contributed by atoms with Crippen LogP contribution >= 0.6 is 0 Å². The van der Waals surface area contributed by atoms with E-state index in [0.29, 0.717) is 26.1 Å². The highest BCUT2D eigenvalue weighted by atomic mass is 16.5. The molecule has 2 fully saturated rings. The summed E-state index contributed by atoms with van der Waals surface area (Å²) in [6.07, 6.45) is 5.34. The minimum Gasteiger partial charge on any atom is -0.497 e. The third-order valence-electron chi connectivity index (χ3n) is 8.95. The van der Waals surface area contributed by atoms with Crippen molar-refractivity contribution in [2.24, 2.45) is 18.7 Å². The Morgan fingerprint density at radius 1 is 1.19 bits per heavy atom. The Kier molecular flexibility index (Phi) is 9.76. The first-order valence-corrected chi connectivity index (χ1v) is 15.3. The van der Waals surface area contributed by atoms with Gasteiger partial charge < -0.3 is 30.9 Å². The summed E-state index contributed by atoms with van der Waals surface area (Å²) in [5.41, 5.74) is 10.5. The van der Waals surface area contributed by atoms with Gasteiger partial charge in [-0.15, -0.1) is 5.10 Å². The Morgan fingerprint density at radius 3 is 2.72 bits per heavy atom. The largest absolute Gasteiger partial charge is 0.497 e. The number of aromatic nitrogens is 3. The molecule has 3 amide bonds. The molecular weight excluding hydrogens is 548 g/mol. The van der Waals surface area contributed by atoms with Crippen molar-refractivity contribution in [1.29, 1.82) is 0 Å². The van der Waals surface area contributed by atoms with Crippen LogP contribution in [0.5, 0.6) is 5.75 Å². The smallest absolute Gasteiger partial charge is 0.243 e. The highest BCUT2D eigenvalue weighted by Crippen LogP contribution is 2.29. The first-order valence-electron chi connectivity index (χ1n) is 15.3. The fourth-order valence-electron chi connectivity index (χ4n) is 6.43. The van der Waals surface area contributed by atoms with Crippen LogP contribution in [0.2, 0.25) is 0 Å². The summed E-state index contributed by atoms with van der Waals surface area (Å²) in [4.78, 5) is 43.6. The molecule has 4 N–H and O–H groups in total. The minimum absolute atomic E-state index is 0.0115. The first-order chi connectivity index (χ1) is 20.7. The number of amides is 3. The Balaban J connectivity index is 1.23. The molecule has 1 aliphatic carbocycles. The van der Waals surface area contributed by atoms with Gasteiger partial charge >= 0.3 is 0 Å². The van der Waals surface area contributed by atoms with Crippen molar-refractivity contribution in [3.05, 3.63) is 46.8 Å². The van der Waals surface area contributed by atoms with Gasteiger partial charge in [0, 0.05) is 52.2 Å². The summed E-state index contributed by atoms with van der Waals surface area (Å²) in [6.45, 7) is 5.01. The van der Waals surface area contributed by atoms with Crippen LogP contribution in [-0.2, 0) is 34.3 Å². The highest BCUT2D eigenvalue weighted by Gasteiger charge is 2.41.